The molecule has 0 unspecified atom stereocenters. The van der Waals surface area contributed by atoms with Gasteiger partial charge in [-0.25, -0.2) is 4.79 Å². The molecule has 2 fully saturated rings. The number of benzene rings is 1. The zero-order valence-corrected chi connectivity index (χ0v) is 17.5. The van der Waals surface area contributed by atoms with E-state index in [1.165, 1.54) is 13.8 Å². The fraction of sp³-hybridized carbons (Fsp3) is 0.524. The largest absolute Gasteiger partial charge is 0.451 e. The molecule has 3 amide bonds. The van der Waals surface area contributed by atoms with E-state index in [0.29, 0.717) is 23.6 Å². The molecular weight excluding hydrogens is 396 g/mol. The molecule has 1 saturated heterocycles. The van der Waals surface area contributed by atoms with E-state index in [1.807, 2.05) is 6.92 Å². The molecule has 4 atom stereocenters. The molecule has 1 aliphatic heterocycles. The molecule has 1 aromatic carbocycles. The predicted molar refractivity (Wildman–Crippen MR) is 107 cm³/mol. The Kier molecular flexibility index (Phi) is 6.27. The quantitative estimate of drug-likeness (QED) is 0.583. The lowest BCUT2D eigenvalue weighted by atomic mass is 9.81. The molecule has 1 heterocycles. The molecule has 1 saturated carbocycles. The molecule has 8 heteroatoms. The molecular formula is C21H25ClN2O5. The number of nitrogens with zero attached hydrogens (tertiary/aromatic N) is 1. The van der Waals surface area contributed by atoms with E-state index in [4.69, 9.17) is 16.3 Å². The second-order valence-corrected chi connectivity index (χ2v) is 8.18. The van der Waals surface area contributed by atoms with Gasteiger partial charge >= 0.3 is 5.97 Å². The molecule has 1 aliphatic carbocycles. The summed E-state index contributed by atoms with van der Waals surface area (Å²) in [5.41, 5.74) is 1.33. The maximum atomic E-state index is 12.6. The summed E-state index contributed by atoms with van der Waals surface area (Å²) in [6, 6.07) is 4.01. The molecule has 156 valence electrons. The SMILES string of the molecule is Cc1ccc(Cl)cc1NC(=O)[C@@H](C)OC(=O)[C@H](C)N1C(=O)[C@H]2CCCC[C@@H]2C1=O. The van der Waals surface area contributed by atoms with Crippen molar-refractivity contribution < 1.29 is 23.9 Å². The van der Waals surface area contributed by atoms with Gasteiger partial charge in [-0.15, -0.1) is 0 Å². The fourth-order valence-corrected chi connectivity index (χ4v) is 4.14. The zero-order chi connectivity index (χ0) is 21.3. The van der Waals surface area contributed by atoms with Crippen LogP contribution in [0.15, 0.2) is 18.2 Å². The summed E-state index contributed by atoms with van der Waals surface area (Å²) in [5, 5.41) is 3.14. The van der Waals surface area contributed by atoms with Crippen molar-refractivity contribution >= 4 is 41.0 Å². The summed E-state index contributed by atoms with van der Waals surface area (Å²) in [7, 11) is 0. The second kappa shape index (κ2) is 8.53. The topological polar surface area (TPSA) is 92.8 Å². The molecule has 29 heavy (non-hydrogen) atoms. The molecule has 0 spiro atoms. The van der Waals surface area contributed by atoms with E-state index in [-0.39, 0.29) is 23.7 Å². The average Bonchev–Trinajstić information content (AvgIpc) is 2.94. The standard InChI is InChI=1S/C21H25ClN2O5/c1-11-8-9-14(22)10-17(11)23-18(25)13(3)29-21(28)12(2)24-19(26)15-6-4-5-7-16(15)20(24)27/h8-10,12-13,15-16H,4-7H2,1-3H3,(H,23,25)/t12-,13+,15-,16-/m0/s1. The van der Waals surface area contributed by atoms with Crippen LogP contribution in [0.1, 0.15) is 45.1 Å². The number of carbonyl (C=O) groups excluding carboxylic acids is 4. The highest BCUT2D eigenvalue weighted by Crippen LogP contribution is 2.39. The van der Waals surface area contributed by atoms with Crippen LogP contribution in [0.25, 0.3) is 0 Å². The van der Waals surface area contributed by atoms with Gasteiger partial charge in [0.25, 0.3) is 5.91 Å². The Bertz CT molecular complexity index is 831. The molecule has 0 radical (unpaired) electrons. The minimum absolute atomic E-state index is 0.309. The third kappa shape index (κ3) is 4.29. The first kappa shape index (κ1) is 21.3. The lowest BCUT2D eigenvalue weighted by molar-refractivity contribution is -0.163. The molecule has 0 aromatic heterocycles. The third-order valence-electron chi connectivity index (χ3n) is 5.72. The van der Waals surface area contributed by atoms with E-state index in [2.05, 4.69) is 5.32 Å². The van der Waals surface area contributed by atoms with Gasteiger partial charge in [0.2, 0.25) is 11.8 Å². The first-order valence-corrected chi connectivity index (χ1v) is 10.2. The van der Waals surface area contributed by atoms with Crippen LogP contribution in [0, 0.1) is 18.8 Å². The Labute approximate surface area is 174 Å². The monoisotopic (exact) mass is 420 g/mol. The van der Waals surface area contributed by atoms with Crippen LogP contribution in [0.5, 0.6) is 0 Å². The Morgan fingerprint density at radius 3 is 2.31 bits per heavy atom. The predicted octanol–water partition coefficient (Wildman–Crippen LogP) is 3.08. The molecule has 7 nitrogen and oxygen atoms in total. The van der Waals surface area contributed by atoms with Crippen molar-refractivity contribution in [1.29, 1.82) is 0 Å². The molecule has 3 rings (SSSR count). The van der Waals surface area contributed by atoms with Gasteiger partial charge < -0.3 is 10.1 Å². The Morgan fingerprint density at radius 2 is 1.72 bits per heavy atom. The van der Waals surface area contributed by atoms with Crippen molar-refractivity contribution in [3.63, 3.8) is 0 Å². The van der Waals surface area contributed by atoms with Crippen LogP contribution in [0.2, 0.25) is 5.02 Å². The van der Waals surface area contributed by atoms with Crippen molar-refractivity contribution in [2.24, 2.45) is 11.8 Å². The fourth-order valence-electron chi connectivity index (χ4n) is 3.96. The number of rotatable bonds is 5. The van der Waals surface area contributed by atoms with Crippen LogP contribution in [-0.4, -0.2) is 40.7 Å². The van der Waals surface area contributed by atoms with Crippen LogP contribution in [0.3, 0.4) is 0 Å². The van der Waals surface area contributed by atoms with Crippen LogP contribution >= 0.6 is 11.6 Å². The third-order valence-corrected chi connectivity index (χ3v) is 5.96. The highest BCUT2D eigenvalue weighted by molar-refractivity contribution is 6.31. The van der Waals surface area contributed by atoms with Gasteiger partial charge in [-0.1, -0.05) is 30.5 Å². The van der Waals surface area contributed by atoms with Gasteiger partial charge in [0.05, 0.1) is 11.8 Å². The smallest absolute Gasteiger partial charge is 0.329 e. The van der Waals surface area contributed by atoms with Crippen molar-refractivity contribution in [2.45, 2.75) is 58.6 Å². The van der Waals surface area contributed by atoms with Gasteiger partial charge in [0.15, 0.2) is 6.10 Å². The number of likely N-dealkylation sites (tertiary alicyclic amines) is 1. The van der Waals surface area contributed by atoms with E-state index >= 15 is 0 Å². The van der Waals surface area contributed by atoms with Gasteiger partial charge in [-0.3, -0.25) is 19.3 Å². The maximum Gasteiger partial charge on any atom is 0.329 e. The number of hydrogen-bond acceptors (Lipinski definition) is 5. The Balaban J connectivity index is 1.63. The number of imide groups is 1. The molecule has 0 bridgehead atoms. The van der Waals surface area contributed by atoms with Gasteiger partial charge in [0, 0.05) is 10.7 Å². The summed E-state index contributed by atoms with van der Waals surface area (Å²) in [6.45, 7) is 4.71. The number of amides is 3. The van der Waals surface area contributed by atoms with E-state index in [0.717, 1.165) is 23.3 Å². The lowest BCUT2D eigenvalue weighted by Gasteiger charge is -2.23. The normalized spacial score (nSPS) is 23.4. The number of halogens is 1. The van der Waals surface area contributed by atoms with Crippen molar-refractivity contribution in [3.8, 4) is 0 Å². The van der Waals surface area contributed by atoms with Crippen LogP contribution in [-0.2, 0) is 23.9 Å². The molecule has 2 aliphatic rings. The number of esters is 1. The van der Waals surface area contributed by atoms with Crippen LogP contribution < -0.4 is 5.32 Å². The van der Waals surface area contributed by atoms with Crippen LogP contribution in [0.4, 0.5) is 5.69 Å². The zero-order valence-electron chi connectivity index (χ0n) is 16.7. The number of aryl methyl sites for hydroxylation is 1. The van der Waals surface area contributed by atoms with Crippen molar-refractivity contribution in [3.05, 3.63) is 28.8 Å². The van der Waals surface area contributed by atoms with Gasteiger partial charge in [0.1, 0.15) is 6.04 Å². The van der Waals surface area contributed by atoms with E-state index in [1.54, 1.807) is 18.2 Å². The number of carbonyl (C=O) groups is 4. The number of ether oxygens (including phenoxy) is 1. The summed E-state index contributed by atoms with van der Waals surface area (Å²) < 4.78 is 5.25. The van der Waals surface area contributed by atoms with Gasteiger partial charge in [-0.2, -0.15) is 0 Å². The minimum atomic E-state index is -1.10. The molecule has 1 aromatic rings. The number of fused-ring (bicyclic) bond motifs is 1. The number of anilines is 1. The first-order valence-electron chi connectivity index (χ1n) is 9.85. The minimum Gasteiger partial charge on any atom is -0.451 e. The second-order valence-electron chi connectivity index (χ2n) is 7.75. The first-order chi connectivity index (χ1) is 13.7. The van der Waals surface area contributed by atoms with Gasteiger partial charge in [-0.05, 0) is 51.3 Å². The summed E-state index contributed by atoms with van der Waals surface area (Å²) in [4.78, 5) is 51.2. The highest BCUT2D eigenvalue weighted by atomic mass is 35.5. The molecule has 1 N–H and O–H groups in total. The number of hydrogen-bond donors (Lipinski definition) is 1. The maximum absolute atomic E-state index is 12.6. The van der Waals surface area contributed by atoms with E-state index < -0.39 is 24.0 Å². The average molecular weight is 421 g/mol. The summed E-state index contributed by atoms with van der Waals surface area (Å²) in [5.74, 6) is -2.60. The Hall–Kier alpha value is -2.41. The summed E-state index contributed by atoms with van der Waals surface area (Å²) in [6.07, 6.45) is 2.06. The van der Waals surface area contributed by atoms with Crippen molar-refractivity contribution in [2.75, 3.05) is 5.32 Å². The Morgan fingerprint density at radius 1 is 1.14 bits per heavy atom. The summed E-state index contributed by atoms with van der Waals surface area (Å²) >= 11 is 5.95. The number of nitrogens with one attached hydrogen (secondary N) is 1. The van der Waals surface area contributed by atoms with E-state index in [9.17, 15) is 19.2 Å². The van der Waals surface area contributed by atoms with Crippen molar-refractivity contribution in [1.82, 2.24) is 4.90 Å². The highest BCUT2D eigenvalue weighted by Gasteiger charge is 2.51. The lowest BCUT2D eigenvalue weighted by Crippen LogP contribution is -2.46.